The Kier molecular flexibility index (Phi) is 4.62. The Hall–Kier alpha value is -2.75. The van der Waals surface area contributed by atoms with Crippen LogP contribution in [-0.2, 0) is 17.8 Å². The average molecular weight is 482 g/mol. The van der Waals surface area contributed by atoms with Crippen molar-refractivity contribution in [2.75, 3.05) is 49.2 Å². The fourth-order valence-corrected chi connectivity index (χ4v) is 6.06. The summed E-state index contributed by atoms with van der Waals surface area (Å²) >= 11 is 6.39. The number of ether oxygens (including phenoxy) is 1. The van der Waals surface area contributed by atoms with Crippen LogP contribution in [0.2, 0.25) is 5.02 Å². The Balaban J connectivity index is 1.14. The molecule has 1 aromatic carbocycles. The number of rotatable bonds is 3. The summed E-state index contributed by atoms with van der Waals surface area (Å²) in [6.07, 6.45) is 2.31. The van der Waals surface area contributed by atoms with Crippen molar-refractivity contribution in [2.24, 2.45) is 5.41 Å². The number of halogens is 2. The van der Waals surface area contributed by atoms with Gasteiger partial charge in [-0.3, -0.25) is 9.47 Å². The molecular weight excluding hydrogens is 457 g/mol. The SMILES string of the molecule is Fc1ccc(N2CC3(C2)CN(c2nnc4n2-c2ccc(Cl)cc2CN([C@H]2CCOC2)C4)C3)nc1. The minimum atomic E-state index is -0.304. The van der Waals surface area contributed by atoms with Gasteiger partial charge >= 0.3 is 0 Å². The first-order valence-electron chi connectivity index (χ1n) is 11.7. The predicted molar refractivity (Wildman–Crippen MR) is 126 cm³/mol. The maximum absolute atomic E-state index is 13.2. The third-order valence-electron chi connectivity index (χ3n) is 7.56. The van der Waals surface area contributed by atoms with Crippen molar-refractivity contribution in [3.8, 4) is 5.69 Å². The number of benzene rings is 1. The highest BCUT2D eigenvalue weighted by molar-refractivity contribution is 6.30. The quantitative estimate of drug-likeness (QED) is 0.570. The Morgan fingerprint density at radius 1 is 1.03 bits per heavy atom. The van der Waals surface area contributed by atoms with Crippen LogP contribution in [0.25, 0.3) is 5.69 Å². The number of nitrogens with zero attached hydrogens (tertiary/aromatic N) is 7. The lowest BCUT2D eigenvalue weighted by molar-refractivity contribution is 0.133. The van der Waals surface area contributed by atoms with E-state index in [2.05, 4.69) is 46.6 Å². The molecule has 4 aliphatic rings. The molecule has 3 saturated heterocycles. The van der Waals surface area contributed by atoms with E-state index in [0.717, 1.165) is 87.2 Å². The van der Waals surface area contributed by atoms with Crippen molar-refractivity contribution in [3.63, 3.8) is 0 Å². The van der Waals surface area contributed by atoms with Crippen molar-refractivity contribution in [2.45, 2.75) is 25.6 Å². The van der Waals surface area contributed by atoms with Gasteiger partial charge in [-0.05, 0) is 42.3 Å². The maximum Gasteiger partial charge on any atom is 0.231 e. The van der Waals surface area contributed by atoms with Gasteiger partial charge in [0.05, 0.1) is 25.0 Å². The summed E-state index contributed by atoms with van der Waals surface area (Å²) in [5.74, 6) is 2.38. The van der Waals surface area contributed by atoms with Crippen molar-refractivity contribution in [1.29, 1.82) is 0 Å². The molecule has 176 valence electrons. The molecule has 34 heavy (non-hydrogen) atoms. The molecule has 7 rings (SSSR count). The van der Waals surface area contributed by atoms with Gasteiger partial charge in [0.15, 0.2) is 5.82 Å². The number of hydrogen-bond acceptors (Lipinski definition) is 7. The molecule has 0 bridgehead atoms. The minimum Gasteiger partial charge on any atom is -0.380 e. The predicted octanol–water partition coefficient (Wildman–Crippen LogP) is 2.89. The van der Waals surface area contributed by atoms with Crippen LogP contribution in [0.1, 0.15) is 17.8 Å². The molecule has 0 saturated carbocycles. The standard InChI is InChI=1S/C24H25ClFN7O/c25-17-1-3-20-16(7-17)9-30(19-5-6-34-11-19)10-22-28-29-23(33(20)22)32-14-24(15-32)12-31(13-24)21-4-2-18(26)8-27-21/h1-4,7-8,19H,5-6,9-15H2/t19-/m0/s1. The lowest BCUT2D eigenvalue weighted by atomic mass is 9.73. The topological polar surface area (TPSA) is 62.6 Å². The van der Waals surface area contributed by atoms with Crippen LogP contribution in [0.15, 0.2) is 36.5 Å². The summed E-state index contributed by atoms with van der Waals surface area (Å²) in [7, 11) is 0. The molecule has 0 N–H and O–H groups in total. The second-order valence-electron chi connectivity index (χ2n) is 9.99. The summed E-state index contributed by atoms with van der Waals surface area (Å²) in [6, 6.07) is 9.70. The zero-order valence-corrected chi connectivity index (χ0v) is 19.5. The van der Waals surface area contributed by atoms with E-state index in [1.54, 1.807) is 6.07 Å². The molecule has 0 radical (unpaired) electrons. The first kappa shape index (κ1) is 20.6. The second-order valence-corrected chi connectivity index (χ2v) is 10.4. The van der Waals surface area contributed by atoms with Gasteiger partial charge in [-0.1, -0.05) is 11.6 Å². The van der Waals surface area contributed by atoms with Gasteiger partial charge in [-0.15, -0.1) is 10.2 Å². The zero-order valence-electron chi connectivity index (χ0n) is 18.7. The van der Waals surface area contributed by atoms with Gasteiger partial charge in [-0.25, -0.2) is 9.37 Å². The van der Waals surface area contributed by atoms with Crippen molar-refractivity contribution in [1.82, 2.24) is 24.6 Å². The summed E-state index contributed by atoms with van der Waals surface area (Å²) in [5, 5.41) is 10.0. The first-order chi connectivity index (χ1) is 16.6. The normalized spacial score (nSPS) is 23.3. The molecule has 0 aliphatic carbocycles. The molecule has 3 fully saturated rings. The third-order valence-corrected chi connectivity index (χ3v) is 7.79. The molecule has 8 nitrogen and oxygen atoms in total. The van der Waals surface area contributed by atoms with Gasteiger partial charge < -0.3 is 14.5 Å². The summed E-state index contributed by atoms with van der Waals surface area (Å²) in [5.41, 5.74) is 2.52. The van der Waals surface area contributed by atoms with E-state index in [0.29, 0.717) is 6.04 Å². The zero-order chi connectivity index (χ0) is 22.9. The molecule has 0 amide bonds. The lowest BCUT2D eigenvalue weighted by Crippen LogP contribution is -2.73. The molecule has 3 aromatic rings. The summed E-state index contributed by atoms with van der Waals surface area (Å²) < 4.78 is 21.1. The molecule has 1 spiro atoms. The molecule has 4 aliphatic heterocycles. The van der Waals surface area contributed by atoms with E-state index in [-0.39, 0.29) is 11.2 Å². The highest BCUT2D eigenvalue weighted by Crippen LogP contribution is 2.44. The van der Waals surface area contributed by atoms with Crippen LogP contribution in [0.4, 0.5) is 16.2 Å². The van der Waals surface area contributed by atoms with E-state index in [1.165, 1.54) is 17.8 Å². The summed E-state index contributed by atoms with van der Waals surface area (Å²) in [4.78, 5) is 11.2. The van der Waals surface area contributed by atoms with Crippen LogP contribution in [-0.4, -0.2) is 70.1 Å². The highest BCUT2D eigenvalue weighted by Gasteiger charge is 2.53. The summed E-state index contributed by atoms with van der Waals surface area (Å²) in [6.45, 7) is 6.80. The monoisotopic (exact) mass is 481 g/mol. The van der Waals surface area contributed by atoms with Crippen molar-refractivity contribution < 1.29 is 9.13 Å². The average Bonchev–Trinajstić information content (AvgIpc) is 3.41. The van der Waals surface area contributed by atoms with E-state index < -0.39 is 0 Å². The molecule has 0 unspecified atom stereocenters. The number of hydrogen-bond donors (Lipinski definition) is 0. The Morgan fingerprint density at radius 2 is 1.88 bits per heavy atom. The fraction of sp³-hybridized carbons (Fsp3) is 0.458. The number of aromatic nitrogens is 4. The van der Waals surface area contributed by atoms with Crippen LogP contribution in [0.5, 0.6) is 0 Å². The molecule has 6 heterocycles. The van der Waals surface area contributed by atoms with Gasteiger partial charge in [-0.2, -0.15) is 0 Å². The van der Waals surface area contributed by atoms with Crippen molar-refractivity contribution >= 4 is 23.4 Å². The number of pyridine rings is 1. The van der Waals surface area contributed by atoms with Crippen LogP contribution >= 0.6 is 11.6 Å². The lowest BCUT2D eigenvalue weighted by Gasteiger charge is -2.60. The highest BCUT2D eigenvalue weighted by atomic mass is 35.5. The largest absolute Gasteiger partial charge is 0.380 e. The van der Waals surface area contributed by atoms with Crippen LogP contribution in [0.3, 0.4) is 0 Å². The first-order valence-corrected chi connectivity index (χ1v) is 12.1. The molecule has 10 heteroatoms. The minimum absolute atomic E-state index is 0.225. The Bertz CT molecular complexity index is 1230. The van der Waals surface area contributed by atoms with E-state index >= 15 is 0 Å². The molecule has 2 aromatic heterocycles. The van der Waals surface area contributed by atoms with Crippen LogP contribution < -0.4 is 9.80 Å². The van der Waals surface area contributed by atoms with Gasteiger partial charge in [0.2, 0.25) is 5.95 Å². The van der Waals surface area contributed by atoms with Gasteiger partial charge in [0, 0.05) is 55.8 Å². The number of anilines is 2. The smallest absolute Gasteiger partial charge is 0.231 e. The fourth-order valence-electron chi connectivity index (χ4n) is 5.87. The van der Waals surface area contributed by atoms with E-state index in [1.807, 2.05) is 6.07 Å². The van der Waals surface area contributed by atoms with Crippen molar-refractivity contribution in [3.05, 3.63) is 58.8 Å². The van der Waals surface area contributed by atoms with Gasteiger partial charge in [0.1, 0.15) is 11.6 Å². The Labute approximate surface area is 201 Å². The molecule has 1 atom stereocenters. The maximum atomic E-state index is 13.2. The van der Waals surface area contributed by atoms with Crippen LogP contribution in [0, 0.1) is 11.2 Å². The molecular formula is C24H25ClFN7O. The van der Waals surface area contributed by atoms with E-state index in [9.17, 15) is 4.39 Å². The number of fused-ring (bicyclic) bond motifs is 3. The van der Waals surface area contributed by atoms with E-state index in [4.69, 9.17) is 16.3 Å². The third kappa shape index (κ3) is 3.29. The second kappa shape index (κ2) is 7.63. The van der Waals surface area contributed by atoms with Gasteiger partial charge in [0.25, 0.3) is 0 Å². The Morgan fingerprint density at radius 3 is 2.65 bits per heavy atom.